The SMILES string of the molecule is CC(C)(C)NC(=O)c1cccc(NS(C)(=O)=O)c1. The van der Waals surface area contributed by atoms with Crippen molar-refractivity contribution in [1.82, 2.24) is 5.32 Å². The molecule has 1 amide bonds. The van der Waals surface area contributed by atoms with E-state index in [1.807, 2.05) is 20.8 Å². The van der Waals surface area contributed by atoms with Crippen LogP contribution >= 0.6 is 0 Å². The average Bonchev–Trinajstić information content (AvgIpc) is 2.12. The molecule has 5 nitrogen and oxygen atoms in total. The largest absolute Gasteiger partial charge is 0.347 e. The maximum Gasteiger partial charge on any atom is 0.251 e. The van der Waals surface area contributed by atoms with Gasteiger partial charge in [0.25, 0.3) is 5.91 Å². The van der Waals surface area contributed by atoms with Gasteiger partial charge < -0.3 is 5.32 Å². The van der Waals surface area contributed by atoms with Gasteiger partial charge in [0.2, 0.25) is 10.0 Å². The Morgan fingerprint density at radius 1 is 1.22 bits per heavy atom. The molecule has 0 unspecified atom stereocenters. The fourth-order valence-corrected chi connectivity index (χ4v) is 1.91. The van der Waals surface area contributed by atoms with Crippen LogP contribution in [0.15, 0.2) is 24.3 Å². The predicted molar refractivity (Wildman–Crippen MR) is 72.1 cm³/mol. The number of hydrogen-bond donors (Lipinski definition) is 2. The molecule has 0 bridgehead atoms. The van der Waals surface area contributed by atoms with Gasteiger partial charge in [-0.25, -0.2) is 8.42 Å². The van der Waals surface area contributed by atoms with Crippen LogP contribution in [0.2, 0.25) is 0 Å². The van der Waals surface area contributed by atoms with Crippen LogP contribution in [0, 0.1) is 0 Å². The quantitative estimate of drug-likeness (QED) is 0.875. The summed E-state index contributed by atoms with van der Waals surface area (Å²) in [6, 6.07) is 6.36. The second-order valence-corrected chi connectivity index (χ2v) is 6.91. The van der Waals surface area contributed by atoms with Crippen molar-refractivity contribution in [3.63, 3.8) is 0 Å². The van der Waals surface area contributed by atoms with Crippen molar-refractivity contribution in [3.8, 4) is 0 Å². The first kappa shape index (κ1) is 14.5. The van der Waals surface area contributed by atoms with Crippen LogP contribution in [0.25, 0.3) is 0 Å². The summed E-state index contributed by atoms with van der Waals surface area (Å²) in [6.07, 6.45) is 1.06. The Morgan fingerprint density at radius 2 is 1.83 bits per heavy atom. The van der Waals surface area contributed by atoms with Gasteiger partial charge in [-0.3, -0.25) is 9.52 Å². The standard InChI is InChI=1S/C12H18N2O3S/c1-12(2,3)13-11(15)9-6-5-7-10(8-9)14-18(4,16)17/h5-8,14H,1-4H3,(H,13,15). The Labute approximate surface area is 108 Å². The maximum atomic E-state index is 11.9. The zero-order valence-electron chi connectivity index (χ0n) is 10.9. The number of anilines is 1. The topological polar surface area (TPSA) is 75.3 Å². The third-order valence-electron chi connectivity index (χ3n) is 1.92. The number of hydrogen-bond acceptors (Lipinski definition) is 3. The van der Waals surface area contributed by atoms with Gasteiger partial charge in [0, 0.05) is 16.8 Å². The van der Waals surface area contributed by atoms with E-state index < -0.39 is 10.0 Å². The third-order valence-corrected chi connectivity index (χ3v) is 2.52. The second kappa shape index (κ2) is 4.97. The molecule has 1 aromatic rings. The molecular weight excluding hydrogens is 252 g/mol. The molecule has 100 valence electrons. The molecule has 0 aliphatic carbocycles. The first-order chi connectivity index (χ1) is 8.07. The van der Waals surface area contributed by atoms with E-state index >= 15 is 0 Å². The van der Waals surface area contributed by atoms with Crippen molar-refractivity contribution in [2.75, 3.05) is 11.0 Å². The lowest BCUT2D eigenvalue weighted by Gasteiger charge is -2.20. The molecule has 0 aromatic heterocycles. The molecule has 0 saturated heterocycles. The number of amides is 1. The van der Waals surface area contributed by atoms with Crippen LogP contribution in [0.1, 0.15) is 31.1 Å². The van der Waals surface area contributed by atoms with E-state index in [0.717, 1.165) is 6.26 Å². The highest BCUT2D eigenvalue weighted by Gasteiger charge is 2.15. The Kier molecular flexibility index (Phi) is 4.01. The zero-order chi connectivity index (χ0) is 14.0. The molecule has 0 heterocycles. The van der Waals surface area contributed by atoms with Gasteiger partial charge in [0.05, 0.1) is 6.26 Å². The molecule has 1 rings (SSSR count). The summed E-state index contributed by atoms with van der Waals surface area (Å²) in [5.41, 5.74) is 0.454. The summed E-state index contributed by atoms with van der Waals surface area (Å²) >= 11 is 0. The minimum Gasteiger partial charge on any atom is -0.347 e. The van der Waals surface area contributed by atoms with E-state index in [0.29, 0.717) is 11.3 Å². The van der Waals surface area contributed by atoms with E-state index in [1.165, 1.54) is 6.07 Å². The van der Waals surface area contributed by atoms with E-state index in [1.54, 1.807) is 18.2 Å². The lowest BCUT2D eigenvalue weighted by molar-refractivity contribution is 0.0919. The Balaban J connectivity index is 2.92. The van der Waals surface area contributed by atoms with Crippen LogP contribution < -0.4 is 10.0 Å². The van der Waals surface area contributed by atoms with Crippen LogP contribution in [-0.2, 0) is 10.0 Å². The van der Waals surface area contributed by atoms with Crippen molar-refractivity contribution in [3.05, 3.63) is 29.8 Å². The van der Waals surface area contributed by atoms with Gasteiger partial charge in [-0.05, 0) is 39.0 Å². The molecule has 0 radical (unpaired) electrons. The minimum atomic E-state index is -3.34. The van der Waals surface area contributed by atoms with Gasteiger partial charge in [-0.15, -0.1) is 0 Å². The normalized spacial score (nSPS) is 12.0. The van der Waals surface area contributed by atoms with E-state index in [4.69, 9.17) is 0 Å². The van der Waals surface area contributed by atoms with Crippen LogP contribution in [0.4, 0.5) is 5.69 Å². The lowest BCUT2D eigenvalue weighted by Crippen LogP contribution is -2.40. The van der Waals surface area contributed by atoms with E-state index in [2.05, 4.69) is 10.0 Å². The fourth-order valence-electron chi connectivity index (χ4n) is 1.35. The average molecular weight is 270 g/mol. The molecule has 0 spiro atoms. The van der Waals surface area contributed by atoms with Crippen molar-refractivity contribution in [2.24, 2.45) is 0 Å². The summed E-state index contributed by atoms with van der Waals surface area (Å²) in [7, 11) is -3.34. The summed E-state index contributed by atoms with van der Waals surface area (Å²) < 4.78 is 24.5. The summed E-state index contributed by atoms with van der Waals surface area (Å²) in [6.45, 7) is 5.64. The highest BCUT2D eigenvalue weighted by Crippen LogP contribution is 2.13. The van der Waals surface area contributed by atoms with Gasteiger partial charge in [0.15, 0.2) is 0 Å². The number of rotatable bonds is 3. The number of carbonyl (C=O) groups excluding carboxylic acids is 1. The highest BCUT2D eigenvalue weighted by atomic mass is 32.2. The van der Waals surface area contributed by atoms with E-state index in [-0.39, 0.29) is 11.4 Å². The van der Waals surface area contributed by atoms with Gasteiger partial charge in [-0.2, -0.15) is 0 Å². The maximum absolute atomic E-state index is 11.9. The Morgan fingerprint density at radius 3 is 2.33 bits per heavy atom. The van der Waals surface area contributed by atoms with Crippen LogP contribution in [0.5, 0.6) is 0 Å². The zero-order valence-corrected chi connectivity index (χ0v) is 11.8. The smallest absolute Gasteiger partial charge is 0.251 e. The van der Waals surface area contributed by atoms with Gasteiger partial charge in [-0.1, -0.05) is 6.07 Å². The molecule has 18 heavy (non-hydrogen) atoms. The van der Waals surface area contributed by atoms with Crippen LogP contribution in [-0.4, -0.2) is 26.1 Å². The lowest BCUT2D eigenvalue weighted by atomic mass is 10.1. The highest BCUT2D eigenvalue weighted by molar-refractivity contribution is 7.92. The fraction of sp³-hybridized carbons (Fsp3) is 0.417. The first-order valence-corrected chi connectivity index (χ1v) is 7.36. The van der Waals surface area contributed by atoms with Gasteiger partial charge >= 0.3 is 0 Å². The Bertz CT molecular complexity index is 545. The molecule has 0 saturated carbocycles. The molecule has 0 fully saturated rings. The summed E-state index contributed by atoms with van der Waals surface area (Å²) in [5.74, 6) is -0.236. The Hall–Kier alpha value is -1.56. The molecule has 0 atom stereocenters. The molecule has 2 N–H and O–H groups in total. The van der Waals surface area contributed by atoms with Crippen molar-refractivity contribution >= 4 is 21.6 Å². The molecular formula is C12H18N2O3S. The number of nitrogens with one attached hydrogen (secondary N) is 2. The molecule has 6 heteroatoms. The summed E-state index contributed by atoms with van der Waals surface area (Å²) in [5, 5.41) is 2.81. The van der Waals surface area contributed by atoms with Crippen LogP contribution in [0.3, 0.4) is 0 Å². The number of carbonyl (C=O) groups is 1. The minimum absolute atomic E-state index is 0.236. The van der Waals surface area contributed by atoms with Crippen molar-refractivity contribution in [2.45, 2.75) is 26.3 Å². The molecule has 1 aromatic carbocycles. The molecule has 0 aliphatic rings. The van der Waals surface area contributed by atoms with Crippen molar-refractivity contribution in [1.29, 1.82) is 0 Å². The monoisotopic (exact) mass is 270 g/mol. The second-order valence-electron chi connectivity index (χ2n) is 5.16. The molecule has 0 aliphatic heterocycles. The van der Waals surface area contributed by atoms with Crippen molar-refractivity contribution < 1.29 is 13.2 Å². The third kappa shape index (κ3) is 5.18. The summed E-state index contributed by atoms with van der Waals surface area (Å²) in [4.78, 5) is 11.9. The van der Waals surface area contributed by atoms with E-state index in [9.17, 15) is 13.2 Å². The number of benzene rings is 1. The first-order valence-electron chi connectivity index (χ1n) is 5.47. The van der Waals surface area contributed by atoms with Gasteiger partial charge in [0.1, 0.15) is 0 Å². The predicted octanol–water partition coefficient (Wildman–Crippen LogP) is 1.59. The number of sulfonamides is 1.